The van der Waals surface area contributed by atoms with Crippen molar-refractivity contribution < 1.29 is 9.59 Å². The minimum Gasteiger partial charge on any atom is -0.363 e. The highest BCUT2D eigenvalue weighted by Crippen LogP contribution is 2.22. The van der Waals surface area contributed by atoms with Gasteiger partial charge in [0.25, 0.3) is 0 Å². The van der Waals surface area contributed by atoms with E-state index in [1.807, 2.05) is 24.1 Å². The minimum absolute atomic E-state index is 0.176. The van der Waals surface area contributed by atoms with Gasteiger partial charge >= 0.3 is 0 Å². The van der Waals surface area contributed by atoms with Crippen molar-refractivity contribution in [2.24, 2.45) is 0 Å². The number of benzene rings is 1. The van der Waals surface area contributed by atoms with Crippen LogP contribution in [0.15, 0.2) is 18.2 Å². The van der Waals surface area contributed by atoms with Crippen LogP contribution in [0.2, 0.25) is 0 Å². The van der Waals surface area contributed by atoms with Crippen LogP contribution in [0.3, 0.4) is 0 Å². The van der Waals surface area contributed by atoms with Gasteiger partial charge < -0.3 is 4.90 Å². The maximum Gasteiger partial charge on any atom is 0.249 e. The van der Waals surface area contributed by atoms with E-state index in [0.29, 0.717) is 12.8 Å². The van der Waals surface area contributed by atoms with Gasteiger partial charge in [-0.25, -0.2) is 0 Å². The average Bonchev–Trinajstić information content (AvgIpc) is 2.32. The molecule has 4 nitrogen and oxygen atoms in total. The fraction of sp³-hybridized carbons (Fsp3) is 0.429. The number of rotatable bonds is 2. The molecule has 0 spiro atoms. The number of hydrogen-bond acceptors (Lipinski definition) is 3. The average molecular weight is 246 g/mol. The van der Waals surface area contributed by atoms with E-state index in [2.05, 4.69) is 25.2 Å². The molecule has 2 rings (SSSR count). The Morgan fingerprint density at radius 1 is 1.22 bits per heavy atom. The number of piperidine rings is 1. The largest absolute Gasteiger partial charge is 0.363 e. The molecule has 1 saturated heterocycles. The standard InChI is InChI=1S/C14H18N2O2/c1-9-4-5-11(8-10(9)2)16(3)12-6-7-13(17)15-14(12)18/h4-5,8,12H,6-7H2,1-3H3,(H,15,17,18). The SMILES string of the molecule is Cc1ccc(N(C)C2CCC(=O)NC2=O)cc1C. The molecule has 1 unspecified atom stereocenters. The smallest absolute Gasteiger partial charge is 0.249 e. The van der Waals surface area contributed by atoms with Crippen molar-refractivity contribution in [3.05, 3.63) is 29.3 Å². The van der Waals surface area contributed by atoms with Gasteiger partial charge in [-0.2, -0.15) is 0 Å². The molecule has 18 heavy (non-hydrogen) atoms. The summed E-state index contributed by atoms with van der Waals surface area (Å²) in [7, 11) is 1.89. The second-order valence-corrected chi connectivity index (χ2v) is 4.85. The number of likely N-dealkylation sites (N-methyl/N-ethyl adjacent to an activating group) is 1. The normalized spacial score (nSPS) is 19.6. The van der Waals surface area contributed by atoms with Gasteiger partial charge in [-0.1, -0.05) is 6.07 Å². The van der Waals surface area contributed by atoms with Gasteiger partial charge in [0.2, 0.25) is 11.8 Å². The highest BCUT2D eigenvalue weighted by molar-refractivity contribution is 6.01. The Morgan fingerprint density at radius 2 is 1.94 bits per heavy atom. The molecule has 0 bridgehead atoms. The zero-order valence-corrected chi connectivity index (χ0v) is 11.0. The van der Waals surface area contributed by atoms with Crippen LogP contribution >= 0.6 is 0 Å². The first-order valence-electron chi connectivity index (χ1n) is 6.13. The third-order valence-electron chi connectivity index (χ3n) is 3.58. The zero-order valence-electron chi connectivity index (χ0n) is 11.0. The van der Waals surface area contributed by atoms with E-state index in [1.54, 1.807) is 0 Å². The Morgan fingerprint density at radius 3 is 2.56 bits per heavy atom. The zero-order chi connectivity index (χ0) is 13.3. The van der Waals surface area contributed by atoms with Gasteiger partial charge in [-0.15, -0.1) is 0 Å². The Kier molecular flexibility index (Phi) is 3.36. The van der Waals surface area contributed by atoms with Gasteiger partial charge in [-0.05, 0) is 43.5 Å². The van der Waals surface area contributed by atoms with Crippen LogP contribution in [0.1, 0.15) is 24.0 Å². The van der Waals surface area contributed by atoms with E-state index >= 15 is 0 Å². The van der Waals surface area contributed by atoms with Crippen LogP contribution in [0.25, 0.3) is 0 Å². The van der Waals surface area contributed by atoms with Crippen molar-refractivity contribution in [1.29, 1.82) is 0 Å². The molecule has 96 valence electrons. The molecule has 0 aromatic heterocycles. The monoisotopic (exact) mass is 246 g/mol. The van der Waals surface area contributed by atoms with Crippen LogP contribution < -0.4 is 10.2 Å². The van der Waals surface area contributed by atoms with Crippen LogP contribution in [-0.4, -0.2) is 24.9 Å². The molecule has 1 N–H and O–H groups in total. The van der Waals surface area contributed by atoms with Crippen molar-refractivity contribution in [2.45, 2.75) is 32.7 Å². The second-order valence-electron chi connectivity index (χ2n) is 4.85. The topological polar surface area (TPSA) is 49.4 Å². The number of amides is 2. The lowest BCUT2D eigenvalue weighted by atomic mass is 10.0. The van der Waals surface area contributed by atoms with Gasteiger partial charge in [0, 0.05) is 19.2 Å². The van der Waals surface area contributed by atoms with Crippen molar-refractivity contribution in [1.82, 2.24) is 5.32 Å². The van der Waals surface area contributed by atoms with E-state index in [0.717, 1.165) is 5.69 Å². The first kappa shape index (κ1) is 12.6. The van der Waals surface area contributed by atoms with E-state index in [4.69, 9.17) is 0 Å². The lowest BCUT2D eigenvalue weighted by Crippen LogP contribution is -2.51. The molecule has 1 atom stereocenters. The maximum atomic E-state index is 11.8. The number of carbonyl (C=O) groups is 2. The predicted molar refractivity (Wildman–Crippen MR) is 70.5 cm³/mol. The second kappa shape index (κ2) is 4.80. The molecular weight excluding hydrogens is 228 g/mol. The van der Waals surface area contributed by atoms with Gasteiger partial charge in [0.15, 0.2) is 0 Å². The van der Waals surface area contributed by atoms with Gasteiger partial charge in [0.1, 0.15) is 6.04 Å². The maximum absolute atomic E-state index is 11.8. The highest BCUT2D eigenvalue weighted by Gasteiger charge is 2.29. The number of aryl methyl sites for hydroxylation is 2. The van der Waals surface area contributed by atoms with Gasteiger partial charge in [0.05, 0.1) is 0 Å². The summed E-state index contributed by atoms with van der Waals surface area (Å²) in [6.45, 7) is 4.11. The molecule has 0 radical (unpaired) electrons. The Balaban J connectivity index is 2.20. The lowest BCUT2D eigenvalue weighted by molar-refractivity contribution is -0.134. The highest BCUT2D eigenvalue weighted by atomic mass is 16.2. The third kappa shape index (κ3) is 2.37. The molecule has 1 aliphatic rings. The Hall–Kier alpha value is -1.84. The summed E-state index contributed by atoms with van der Waals surface area (Å²) >= 11 is 0. The van der Waals surface area contributed by atoms with Crippen molar-refractivity contribution >= 4 is 17.5 Å². The van der Waals surface area contributed by atoms with E-state index in [9.17, 15) is 9.59 Å². The lowest BCUT2D eigenvalue weighted by Gasteiger charge is -2.31. The number of carbonyl (C=O) groups excluding carboxylic acids is 2. The van der Waals surface area contributed by atoms with Crippen LogP contribution in [-0.2, 0) is 9.59 Å². The van der Waals surface area contributed by atoms with Crippen LogP contribution in [0, 0.1) is 13.8 Å². The summed E-state index contributed by atoms with van der Waals surface area (Å²) in [5.74, 6) is -0.378. The molecule has 1 fully saturated rings. The first-order valence-corrected chi connectivity index (χ1v) is 6.13. The summed E-state index contributed by atoms with van der Waals surface area (Å²) in [4.78, 5) is 24.9. The molecule has 2 amide bonds. The predicted octanol–water partition coefficient (Wildman–Crippen LogP) is 1.54. The van der Waals surface area contributed by atoms with Crippen molar-refractivity contribution in [2.75, 3.05) is 11.9 Å². The summed E-state index contributed by atoms with van der Waals surface area (Å²) < 4.78 is 0. The number of hydrogen-bond donors (Lipinski definition) is 1. The summed E-state index contributed by atoms with van der Waals surface area (Å²) in [6.07, 6.45) is 0.986. The fourth-order valence-corrected chi connectivity index (χ4v) is 2.18. The molecule has 1 heterocycles. The number of nitrogens with one attached hydrogen (secondary N) is 1. The van der Waals surface area contributed by atoms with Crippen molar-refractivity contribution in [3.63, 3.8) is 0 Å². The van der Waals surface area contributed by atoms with Crippen molar-refractivity contribution in [3.8, 4) is 0 Å². The fourth-order valence-electron chi connectivity index (χ4n) is 2.18. The van der Waals surface area contributed by atoms with Crippen LogP contribution in [0.4, 0.5) is 5.69 Å². The molecule has 1 aromatic carbocycles. The molecule has 0 aliphatic carbocycles. The number of nitrogens with zero attached hydrogens (tertiary/aromatic N) is 1. The molecule has 0 saturated carbocycles. The minimum atomic E-state index is -0.259. The summed E-state index contributed by atoms with van der Waals surface area (Å²) in [6, 6.07) is 5.86. The molecule has 1 aliphatic heterocycles. The summed E-state index contributed by atoms with van der Waals surface area (Å²) in [5.41, 5.74) is 3.44. The Labute approximate surface area is 107 Å². The molecule has 4 heteroatoms. The van der Waals surface area contributed by atoms with Crippen LogP contribution in [0.5, 0.6) is 0 Å². The van der Waals surface area contributed by atoms with E-state index < -0.39 is 0 Å². The third-order valence-corrected chi connectivity index (χ3v) is 3.58. The van der Waals surface area contributed by atoms with E-state index in [-0.39, 0.29) is 17.9 Å². The summed E-state index contributed by atoms with van der Waals surface area (Å²) in [5, 5.41) is 2.39. The first-order chi connectivity index (χ1) is 8.49. The van der Waals surface area contributed by atoms with E-state index in [1.165, 1.54) is 11.1 Å². The van der Waals surface area contributed by atoms with Gasteiger partial charge in [-0.3, -0.25) is 14.9 Å². The Bertz CT molecular complexity index is 497. The molecular formula is C14H18N2O2. The molecule has 1 aromatic rings. The number of imide groups is 1. The quantitative estimate of drug-likeness (QED) is 0.805. The number of anilines is 1.